The normalized spacial score (nSPS) is 14.8. The highest BCUT2D eigenvalue weighted by Crippen LogP contribution is 2.42. The number of amidine groups is 1. The molecule has 4 aromatic rings. The standard InChI is InChI=1S/C47H56N2O4/c1-30(2)36-22-16-23-37(31(3)4)44(36)48-26-27-49(45-38(32(5)6)24-17-25-39(45)33(7)8)46(48)43(51)28-40(34-18-12-10-13-19-34)41(47(52)53-9)29-42(50)35-20-14-11-15-21-35/h10-25,28,30-33,40-41H,26-27,29H2,1-9H3/p+1. The number of esters is 1. The second-order valence-corrected chi connectivity index (χ2v) is 15.4. The van der Waals surface area contributed by atoms with Crippen LogP contribution in [0, 0.1) is 5.92 Å². The van der Waals surface area contributed by atoms with Crippen molar-refractivity contribution in [2.45, 2.75) is 91.4 Å². The van der Waals surface area contributed by atoms with Gasteiger partial charge in [0.2, 0.25) is 5.76 Å². The summed E-state index contributed by atoms with van der Waals surface area (Å²) in [4.78, 5) is 29.7. The molecule has 2 atom stereocenters. The Kier molecular flexibility index (Phi) is 12.8. The molecule has 1 aliphatic heterocycles. The number of ether oxygens (including phenoxy) is 1. The molecule has 0 aliphatic carbocycles. The number of nitrogens with zero attached hydrogens (tertiary/aromatic N) is 2. The first-order valence-electron chi connectivity index (χ1n) is 19.1. The largest absolute Gasteiger partial charge is 0.501 e. The molecule has 0 bridgehead atoms. The maximum Gasteiger partial charge on any atom is 0.325 e. The van der Waals surface area contributed by atoms with Crippen LogP contribution in [-0.2, 0) is 9.53 Å². The lowest BCUT2D eigenvalue weighted by Crippen LogP contribution is -2.34. The monoisotopic (exact) mass is 713 g/mol. The Balaban J connectivity index is 1.82. The maximum atomic E-state index is 13.7. The van der Waals surface area contributed by atoms with Crippen molar-refractivity contribution in [1.82, 2.24) is 0 Å². The fourth-order valence-corrected chi connectivity index (χ4v) is 7.73. The Bertz CT molecular complexity index is 1900. The van der Waals surface area contributed by atoms with Crippen molar-refractivity contribution in [3.05, 3.63) is 142 Å². The Morgan fingerprint density at radius 2 is 1.21 bits per heavy atom. The van der Waals surface area contributed by atoms with E-state index in [1.54, 1.807) is 18.2 Å². The quantitative estimate of drug-likeness (QED) is 0.0610. The number of hydrogen-bond donors (Lipinski definition) is 1. The summed E-state index contributed by atoms with van der Waals surface area (Å²) in [6.45, 7) is 19.0. The molecule has 2 unspecified atom stereocenters. The molecule has 6 heteroatoms. The van der Waals surface area contributed by atoms with Gasteiger partial charge in [-0.15, -0.1) is 0 Å². The molecule has 1 heterocycles. The highest BCUT2D eigenvalue weighted by atomic mass is 16.5. The predicted molar refractivity (Wildman–Crippen MR) is 217 cm³/mol. The van der Waals surface area contributed by atoms with Crippen molar-refractivity contribution in [3.63, 3.8) is 0 Å². The van der Waals surface area contributed by atoms with E-state index < -0.39 is 17.8 Å². The van der Waals surface area contributed by atoms with Crippen molar-refractivity contribution in [3.8, 4) is 0 Å². The van der Waals surface area contributed by atoms with Crippen LogP contribution in [-0.4, -0.2) is 47.5 Å². The van der Waals surface area contributed by atoms with Gasteiger partial charge in [0.15, 0.2) is 5.78 Å². The van der Waals surface area contributed by atoms with Crippen molar-refractivity contribution in [2.24, 2.45) is 5.92 Å². The molecule has 278 valence electrons. The first-order valence-corrected chi connectivity index (χ1v) is 19.1. The molecule has 4 aromatic carbocycles. The number of hydrogen-bond acceptors (Lipinski definition) is 5. The minimum absolute atomic E-state index is 0.0546. The summed E-state index contributed by atoms with van der Waals surface area (Å²) in [6.07, 6.45) is 1.71. The lowest BCUT2D eigenvalue weighted by molar-refractivity contribution is -0.430. The Hall–Kier alpha value is -4.97. The van der Waals surface area contributed by atoms with Gasteiger partial charge in [0, 0.05) is 40.2 Å². The van der Waals surface area contributed by atoms with E-state index in [1.165, 1.54) is 29.4 Å². The number of para-hydroxylation sites is 2. The van der Waals surface area contributed by atoms with E-state index in [0.29, 0.717) is 24.5 Å². The van der Waals surface area contributed by atoms with Crippen molar-refractivity contribution in [1.29, 1.82) is 0 Å². The van der Waals surface area contributed by atoms with Gasteiger partial charge in [0.05, 0.1) is 13.0 Å². The number of aliphatic hydroxyl groups excluding tert-OH is 1. The van der Waals surface area contributed by atoms with Crippen LogP contribution in [0.3, 0.4) is 0 Å². The number of ketones is 1. The summed E-state index contributed by atoms with van der Waals surface area (Å²) >= 11 is 0. The number of anilines is 1. The van der Waals surface area contributed by atoms with Gasteiger partial charge in [-0.05, 0) is 35.3 Å². The minimum Gasteiger partial charge on any atom is -0.501 e. The number of aliphatic hydroxyl groups is 1. The molecule has 0 amide bonds. The second kappa shape index (κ2) is 17.2. The molecule has 0 saturated heterocycles. The molecule has 0 fully saturated rings. The van der Waals surface area contributed by atoms with Crippen molar-refractivity contribution in [2.75, 3.05) is 25.1 Å². The van der Waals surface area contributed by atoms with E-state index in [1.807, 2.05) is 48.5 Å². The van der Waals surface area contributed by atoms with Crippen LogP contribution in [0.25, 0.3) is 0 Å². The number of allylic oxidation sites excluding steroid dienone is 1. The minimum atomic E-state index is -0.885. The summed E-state index contributed by atoms with van der Waals surface area (Å²) in [5.74, 6) is -0.523. The number of carbonyl (C=O) groups excluding carboxylic acids is 2. The van der Waals surface area contributed by atoms with E-state index in [2.05, 4.69) is 101 Å². The van der Waals surface area contributed by atoms with Gasteiger partial charge in [0.25, 0.3) is 0 Å². The van der Waals surface area contributed by atoms with Crippen LogP contribution in [0.5, 0.6) is 0 Å². The summed E-state index contributed by atoms with van der Waals surface area (Å²) in [5, 5.41) is 12.8. The molecular weight excluding hydrogens is 657 g/mol. The van der Waals surface area contributed by atoms with E-state index in [-0.39, 0.29) is 41.6 Å². The van der Waals surface area contributed by atoms with Gasteiger partial charge in [-0.2, -0.15) is 0 Å². The summed E-state index contributed by atoms with van der Waals surface area (Å²) in [7, 11) is 1.36. The van der Waals surface area contributed by atoms with Gasteiger partial charge in [0.1, 0.15) is 24.5 Å². The third-order valence-corrected chi connectivity index (χ3v) is 10.5. The van der Waals surface area contributed by atoms with E-state index >= 15 is 0 Å². The first-order chi connectivity index (χ1) is 25.3. The molecule has 6 nitrogen and oxygen atoms in total. The average molecular weight is 714 g/mol. The van der Waals surface area contributed by atoms with Crippen LogP contribution in [0.4, 0.5) is 11.4 Å². The van der Waals surface area contributed by atoms with Crippen LogP contribution >= 0.6 is 0 Å². The molecule has 1 aliphatic rings. The molecule has 0 radical (unpaired) electrons. The van der Waals surface area contributed by atoms with Crippen molar-refractivity contribution >= 4 is 29.0 Å². The summed E-state index contributed by atoms with van der Waals surface area (Å²) in [6, 6.07) is 31.8. The molecule has 53 heavy (non-hydrogen) atoms. The summed E-state index contributed by atoms with van der Waals surface area (Å²) < 4.78 is 7.67. The van der Waals surface area contributed by atoms with Crippen LogP contribution in [0.2, 0.25) is 0 Å². The zero-order valence-corrected chi connectivity index (χ0v) is 33.0. The Morgan fingerprint density at radius 3 is 1.70 bits per heavy atom. The lowest BCUT2D eigenvalue weighted by Gasteiger charge is -2.25. The molecule has 0 aromatic heterocycles. The second-order valence-electron chi connectivity index (χ2n) is 15.4. The van der Waals surface area contributed by atoms with Crippen molar-refractivity contribution < 1.29 is 24.0 Å². The van der Waals surface area contributed by atoms with Gasteiger partial charge < -0.3 is 9.84 Å². The van der Waals surface area contributed by atoms with Crippen LogP contribution in [0.1, 0.15) is 130 Å². The number of rotatable bonds is 14. The van der Waals surface area contributed by atoms with Gasteiger partial charge in [-0.25, -0.2) is 9.48 Å². The Morgan fingerprint density at radius 1 is 0.717 bits per heavy atom. The van der Waals surface area contributed by atoms with Gasteiger partial charge in [-0.1, -0.05) is 152 Å². The average Bonchev–Trinajstić information content (AvgIpc) is 3.60. The number of Topliss-reactive ketones (excluding diaryl/α,β-unsaturated/α-hetero) is 1. The zero-order valence-electron chi connectivity index (χ0n) is 33.0. The highest BCUT2D eigenvalue weighted by Gasteiger charge is 2.42. The topological polar surface area (TPSA) is 69.9 Å². The SMILES string of the molecule is COC(=O)C(CC(=O)c1ccccc1)C(C=C(O)C1=[N+](c2c(C(C)C)cccc2C(C)C)CCN1c1c(C(C)C)cccc1C(C)C)c1ccccc1. The molecule has 1 N–H and O–H groups in total. The molecule has 5 rings (SSSR count). The van der Waals surface area contributed by atoms with E-state index in [4.69, 9.17) is 4.74 Å². The molecule has 0 saturated carbocycles. The first kappa shape index (κ1) is 39.2. The number of benzene rings is 4. The molecule has 0 spiro atoms. The molecular formula is C47H57N2O4+. The summed E-state index contributed by atoms with van der Waals surface area (Å²) in [5.41, 5.74) is 8.42. The highest BCUT2D eigenvalue weighted by molar-refractivity contribution is 6.07. The fraction of sp³-hybridized carbons (Fsp3) is 0.383. The number of methoxy groups -OCH3 is 1. The number of carbonyl (C=O) groups is 2. The third-order valence-electron chi connectivity index (χ3n) is 10.5. The van der Waals surface area contributed by atoms with Crippen LogP contribution in [0.15, 0.2) is 109 Å². The van der Waals surface area contributed by atoms with Crippen LogP contribution < -0.4 is 4.90 Å². The zero-order chi connectivity index (χ0) is 38.4. The maximum absolute atomic E-state index is 13.7. The van der Waals surface area contributed by atoms with Gasteiger partial charge >= 0.3 is 11.8 Å². The smallest absolute Gasteiger partial charge is 0.325 e. The fourth-order valence-electron chi connectivity index (χ4n) is 7.73. The third kappa shape index (κ3) is 8.48. The Labute approximate surface area is 316 Å². The predicted octanol–water partition coefficient (Wildman–Crippen LogP) is 11.0. The lowest BCUT2D eigenvalue weighted by atomic mass is 9.81. The van der Waals surface area contributed by atoms with E-state index in [9.17, 15) is 14.7 Å². The van der Waals surface area contributed by atoms with E-state index in [0.717, 1.165) is 16.9 Å². The van der Waals surface area contributed by atoms with Gasteiger partial charge in [-0.3, -0.25) is 9.59 Å².